The zero-order chi connectivity index (χ0) is 19.7. The van der Waals surface area contributed by atoms with E-state index in [2.05, 4.69) is 20.4 Å². The molecule has 0 unspecified atom stereocenters. The van der Waals surface area contributed by atoms with Crippen molar-refractivity contribution in [3.05, 3.63) is 53.6 Å². The van der Waals surface area contributed by atoms with Crippen LogP contribution in [-0.4, -0.2) is 49.4 Å². The Morgan fingerprint density at radius 1 is 1.07 bits per heavy atom. The third kappa shape index (κ3) is 3.58. The number of carbonyl (C=O) groups excluding carboxylic acids is 2. The van der Waals surface area contributed by atoms with E-state index in [1.54, 1.807) is 9.42 Å². The Bertz CT molecular complexity index is 1020. The minimum absolute atomic E-state index is 0.000505. The highest BCUT2D eigenvalue weighted by Crippen LogP contribution is 2.20. The van der Waals surface area contributed by atoms with E-state index >= 15 is 0 Å². The van der Waals surface area contributed by atoms with Gasteiger partial charge < -0.3 is 10.2 Å². The monoisotopic (exact) mass is 378 g/mol. The van der Waals surface area contributed by atoms with Gasteiger partial charge in [0, 0.05) is 36.1 Å². The predicted molar refractivity (Wildman–Crippen MR) is 104 cm³/mol. The first-order valence-corrected chi connectivity index (χ1v) is 9.37. The first-order chi connectivity index (χ1) is 13.5. The molecule has 144 valence electrons. The summed E-state index contributed by atoms with van der Waals surface area (Å²) in [6.45, 7) is 4.80. The average molecular weight is 378 g/mol. The summed E-state index contributed by atoms with van der Waals surface area (Å²) >= 11 is 0. The van der Waals surface area contributed by atoms with Crippen molar-refractivity contribution in [2.45, 2.75) is 26.7 Å². The fourth-order valence-corrected chi connectivity index (χ4v) is 3.51. The number of nitrogens with one attached hydrogen (secondary N) is 1. The molecule has 0 atom stereocenters. The van der Waals surface area contributed by atoms with Crippen molar-refractivity contribution in [2.24, 2.45) is 5.92 Å². The number of aromatic nitrogens is 4. The Balaban J connectivity index is 1.40. The Labute approximate surface area is 162 Å². The van der Waals surface area contributed by atoms with Crippen molar-refractivity contribution in [2.75, 3.05) is 18.4 Å². The van der Waals surface area contributed by atoms with Gasteiger partial charge in [-0.15, -0.1) is 5.10 Å². The summed E-state index contributed by atoms with van der Waals surface area (Å²) in [5, 5.41) is 7.25. The third-order valence-corrected chi connectivity index (χ3v) is 5.00. The van der Waals surface area contributed by atoms with E-state index < -0.39 is 0 Å². The van der Waals surface area contributed by atoms with E-state index in [4.69, 9.17) is 0 Å². The Morgan fingerprint density at radius 3 is 2.50 bits per heavy atom. The fraction of sp³-hybridized carbons (Fsp3) is 0.350. The van der Waals surface area contributed by atoms with Gasteiger partial charge in [-0.25, -0.2) is 9.50 Å². The summed E-state index contributed by atoms with van der Waals surface area (Å²) in [6, 6.07) is 11.3. The second-order valence-electron chi connectivity index (χ2n) is 7.11. The van der Waals surface area contributed by atoms with Crippen molar-refractivity contribution >= 4 is 23.3 Å². The molecule has 3 aromatic rings. The summed E-state index contributed by atoms with van der Waals surface area (Å²) in [4.78, 5) is 35.6. The summed E-state index contributed by atoms with van der Waals surface area (Å²) < 4.78 is 1.58. The minimum Gasteiger partial charge on any atom is -0.336 e. The number of nitrogens with zero attached hydrogens (tertiary/aromatic N) is 5. The van der Waals surface area contributed by atoms with Gasteiger partial charge in [-0.2, -0.15) is 4.98 Å². The van der Waals surface area contributed by atoms with Crippen LogP contribution in [0.5, 0.6) is 0 Å². The molecule has 4 rings (SSSR count). The van der Waals surface area contributed by atoms with Crippen molar-refractivity contribution in [3.63, 3.8) is 0 Å². The van der Waals surface area contributed by atoms with Crippen LogP contribution in [0.2, 0.25) is 0 Å². The average Bonchev–Trinajstić information content (AvgIpc) is 3.13. The second kappa shape index (κ2) is 7.38. The molecular formula is C20H22N6O2. The van der Waals surface area contributed by atoms with E-state index in [0.29, 0.717) is 31.7 Å². The van der Waals surface area contributed by atoms with E-state index in [1.807, 2.05) is 50.2 Å². The Morgan fingerprint density at radius 2 is 1.79 bits per heavy atom. The molecule has 0 spiro atoms. The third-order valence-electron chi connectivity index (χ3n) is 5.00. The lowest BCUT2D eigenvalue weighted by molar-refractivity contribution is -0.121. The highest BCUT2D eigenvalue weighted by molar-refractivity contribution is 5.93. The molecule has 0 bridgehead atoms. The van der Waals surface area contributed by atoms with Crippen LogP contribution in [0, 0.1) is 19.8 Å². The van der Waals surface area contributed by atoms with Crippen LogP contribution in [0.4, 0.5) is 5.69 Å². The van der Waals surface area contributed by atoms with Crippen LogP contribution in [0.15, 0.2) is 36.4 Å². The van der Waals surface area contributed by atoms with Gasteiger partial charge in [0.15, 0.2) is 0 Å². The van der Waals surface area contributed by atoms with Gasteiger partial charge >= 0.3 is 0 Å². The van der Waals surface area contributed by atoms with Gasteiger partial charge in [-0.1, -0.05) is 18.2 Å². The quantitative estimate of drug-likeness (QED) is 0.754. The number of aryl methyl sites for hydroxylation is 2. The van der Waals surface area contributed by atoms with Gasteiger partial charge in [0.1, 0.15) is 0 Å². The molecule has 0 aliphatic carbocycles. The maximum absolute atomic E-state index is 12.8. The number of benzene rings is 1. The molecule has 1 aliphatic heterocycles. The van der Waals surface area contributed by atoms with E-state index in [0.717, 1.165) is 17.1 Å². The number of amides is 2. The largest absolute Gasteiger partial charge is 0.336 e. The summed E-state index contributed by atoms with van der Waals surface area (Å²) in [7, 11) is 0. The molecule has 2 amide bonds. The molecule has 1 aliphatic rings. The molecule has 1 aromatic carbocycles. The van der Waals surface area contributed by atoms with Gasteiger partial charge in [-0.3, -0.25) is 9.59 Å². The molecule has 0 saturated carbocycles. The number of hydrogen-bond donors (Lipinski definition) is 1. The number of para-hydroxylation sites is 1. The van der Waals surface area contributed by atoms with Gasteiger partial charge in [-0.05, 0) is 44.9 Å². The molecule has 1 N–H and O–H groups in total. The molecule has 1 fully saturated rings. The normalized spacial score (nSPS) is 15.0. The molecule has 1 saturated heterocycles. The van der Waals surface area contributed by atoms with Gasteiger partial charge in [0.05, 0.1) is 0 Å². The van der Waals surface area contributed by atoms with E-state index in [9.17, 15) is 9.59 Å². The first kappa shape index (κ1) is 18.1. The topological polar surface area (TPSA) is 92.5 Å². The van der Waals surface area contributed by atoms with E-state index in [-0.39, 0.29) is 23.6 Å². The summed E-state index contributed by atoms with van der Waals surface area (Å²) in [5.74, 6) is 0.250. The fourth-order valence-electron chi connectivity index (χ4n) is 3.51. The number of likely N-dealkylation sites (tertiary alicyclic amines) is 1. The SMILES string of the molecule is Cc1cc(C)n2nc(C(=O)N3CCC(C(=O)Nc4ccccc4)CC3)nc2n1. The lowest BCUT2D eigenvalue weighted by atomic mass is 9.95. The molecule has 8 heteroatoms. The lowest BCUT2D eigenvalue weighted by Gasteiger charge is -2.30. The highest BCUT2D eigenvalue weighted by atomic mass is 16.2. The van der Waals surface area contributed by atoms with Crippen LogP contribution < -0.4 is 5.32 Å². The molecule has 28 heavy (non-hydrogen) atoms. The number of rotatable bonds is 3. The van der Waals surface area contributed by atoms with Crippen LogP contribution in [0.1, 0.15) is 34.8 Å². The van der Waals surface area contributed by atoms with E-state index in [1.165, 1.54) is 0 Å². The van der Waals surface area contributed by atoms with Crippen molar-refractivity contribution < 1.29 is 9.59 Å². The molecule has 8 nitrogen and oxygen atoms in total. The van der Waals surface area contributed by atoms with Crippen LogP contribution >= 0.6 is 0 Å². The van der Waals surface area contributed by atoms with Crippen LogP contribution in [0.25, 0.3) is 5.78 Å². The lowest BCUT2D eigenvalue weighted by Crippen LogP contribution is -2.41. The summed E-state index contributed by atoms with van der Waals surface area (Å²) in [5.41, 5.74) is 2.50. The summed E-state index contributed by atoms with van der Waals surface area (Å²) in [6.07, 6.45) is 1.24. The Kier molecular flexibility index (Phi) is 4.77. The van der Waals surface area contributed by atoms with Crippen molar-refractivity contribution in [1.29, 1.82) is 0 Å². The molecule has 2 aromatic heterocycles. The standard InChI is InChI=1S/C20H22N6O2/c1-13-12-14(2)26-20(21-13)23-17(24-26)19(28)25-10-8-15(9-11-25)18(27)22-16-6-4-3-5-7-16/h3-7,12,15H,8-11H2,1-2H3,(H,22,27). The zero-order valence-electron chi connectivity index (χ0n) is 15.9. The maximum atomic E-state index is 12.8. The molecule has 0 radical (unpaired) electrons. The number of piperidine rings is 1. The second-order valence-corrected chi connectivity index (χ2v) is 7.11. The number of carbonyl (C=O) groups is 2. The van der Waals surface area contributed by atoms with Crippen molar-refractivity contribution in [1.82, 2.24) is 24.5 Å². The van der Waals surface area contributed by atoms with Gasteiger partial charge in [0.2, 0.25) is 11.7 Å². The number of anilines is 1. The first-order valence-electron chi connectivity index (χ1n) is 9.37. The maximum Gasteiger partial charge on any atom is 0.293 e. The Hall–Kier alpha value is -3.29. The molecular weight excluding hydrogens is 356 g/mol. The highest BCUT2D eigenvalue weighted by Gasteiger charge is 2.29. The minimum atomic E-state index is -0.218. The molecule has 3 heterocycles. The van der Waals surface area contributed by atoms with Crippen molar-refractivity contribution in [3.8, 4) is 0 Å². The van der Waals surface area contributed by atoms with Gasteiger partial charge in [0.25, 0.3) is 11.7 Å². The van der Waals surface area contributed by atoms with Crippen LogP contribution in [0.3, 0.4) is 0 Å². The predicted octanol–water partition coefficient (Wildman–Crippen LogP) is 2.23. The number of fused-ring (bicyclic) bond motifs is 1. The van der Waals surface area contributed by atoms with Crippen LogP contribution in [-0.2, 0) is 4.79 Å². The number of hydrogen-bond acceptors (Lipinski definition) is 5. The smallest absolute Gasteiger partial charge is 0.293 e. The zero-order valence-corrected chi connectivity index (χ0v) is 15.9.